The molecule has 0 saturated heterocycles. The Balaban J connectivity index is 1.80. The van der Waals surface area contributed by atoms with Gasteiger partial charge >= 0.3 is 6.18 Å². The number of halogens is 3. The van der Waals surface area contributed by atoms with Crippen LogP contribution in [0.1, 0.15) is 16.7 Å². The van der Waals surface area contributed by atoms with E-state index in [0.29, 0.717) is 0 Å². The van der Waals surface area contributed by atoms with Crippen molar-refractivity contribution in [2.45, 2.75) is 13.1 Å². The SMILES string of the molecule is Cc1ccc(/C=N\OCC(=O)Nc2ccc(C(F)(F)F)cc2)cc1. The molecule has 2 rings (SSSR count). The van der Waals surface area contributed by atoms with E-state index in [1.54, 1.807) is 0 Å². The quantitative estimate of drug-likeness (QED) is 0.663. The summed E-state index contributed by atoms with van der Waals surface area (Å²) in [7, 11) is 0. The number of hydrogen-bond donors (Lipinski definition) is 1. The van der Waals surface area contributed by atoms with Crippen LogP contribution in [0.2, 0.25) is 0 Å². The first kappa shape index (κ1) is 17.5. The van der Waals surface area contributed by atoms with E-state index in [2.05, 4.69) is 10.5 Å². The first-order chi connectivity index (χ1) is 11.3. The fraction of sp³-hybridized carbons (Fsp3) is 0.176. The van der Waals surface area contributed by atoms with Gasteiger partial charge in [-0.1, -0.05) is 35.0 Å². The maximum absolute atomic E-state index is 12.4. The Bertz CT molecular complexity index is 708. The molecule has 2 aromatic rings. The van der Waals surface area contributed by atoms with Crippen LogP contribution in [0.25, 0.3) is 0 Å². The molecule has 126 valence electrons. The molecule has 0 aromatic heterocycles. The smallest absolute Gasteiger partial charge is 0.386 e. The van der Waals surface area contributed by atoms with Crippen molar-refractivity contribution in [2.75, 3.05) is 11.9 Å². The number of amides is 1. The molecule has 0 heterocycles. The van der Waals surface area contributed by atoms with Crippen LogP contribution >= 0.6 is 0 Å². The van der Waals surface area contributed by atoms with Crippen LogP contribution in [0.4, 0.5) is 18.9 Å². The number of alkyl halides is 3. The Morgan fingerprint density at radius 1 is 1.12 bits per heavy atom. The number of oxime groups is 1. The minimum atomic E-state index is -4.41. The average molecular weight is 336 g/mol. The van der Waals surface area contributed by atoms with Crippen LogP contribution in [-0.4, -0.2) is 18.7 Å². The number of carbonyl (C=O) groups is 1. The van der Waals surface area contributed by atoms with Crippen LogP contribution in [0, 0.1) is 6.92 Å². The van der Waals surface area contributed by atoms with Crippen molar-refractivity contribution in [3.05, 3.63) is 65.2 Å². The summed E-state index contributed by atoms with van der Waals surface area (Å²) < 4.78 is 37.3. The van der Waals surface area contributed by atoms with Crippen molar-refractivity contribution in [3.8, 4) is 0 Å². The van der Waals surface area contributed by atoms with Crippen LogP contribution in [0.15, 0.2) is 53.7 Å². The van der Waals surface area contributed by atoms with E-state index < -0.39 is 17.6 Å². The number of hydrogen-bond acceptors (Lipinski definition) is 3. The van der Waals surface area contributed by atoms with Gasteiger partial charge in [-0.05, 0) is 36.8 Å². The fourth-order valence-electron chi connectivity index (χ4n) is 1.79. The van der Waals surface area contributed by atoms with Gasteiger partial charge in [-0.2, -0.15) is 13.2 Å². The summed E-state index contributed by atoms with van der Waals surface area (Å²) >= 11 is 0. The predicted octanol–water partition coefficient (Wildman–Crippen LogP) is 4.00. The van der Waals surface area contributed by atoms with Gasteiger partial charge in [0.05, 0.1) is 11.8 Å². The standard InChI is InChI=1S/C17H15F3N2O2/c1-12-2-4-13(5-3-12)10-21-24-11-16(23)22-15-8-6-14(7-9-15)17(18,19)20/h2-10H,11H2,1H3,(H,22,23)/b21-10-. The Morgan fingerprint density at radius 2 is 1.75 bits per heavy atom. The molecule has 0 saturated carbocycles. The first-order valence-electron chi connectivity index (χ1n) is 7.04. The lowest BCUT2D eigenvalue weighted by Gasteiger charge is -2.08. The number of anilines is 1. The lowest BCUT2D eigenvalue weighted by molar-refractivity contribution is -0.137. The lowest BCUT2D eigenvalue weighted by atomic mass is 10.2. The largest absolute Gasteiger partial charge is 0.416 e. The number of carbonyl (C=O) groups excluding carboxylic acids is 1. The second-order valence-corrected chi connectivity index (χ2v) is 5.04. The number of rotatable bonds is 5. The van der Waals surface area contributed by atoms with E-state index in [1.807, 2.05) is 31.2 Å². The third-order valence-electron chi connectivity index (χ3n) is 3.05. The summed E-state index contributed by atoms with van der Waals surface area (Å²) in [6.07, 6.45) is -2.94. The summed E-state index contributed by atoms with van der Waals surface area (Å²) in [4.78, 5) is 16.5. The van der Waals surface area contributed by atoms with Gasteiger partial charge in [-0.3, -0.25) is 4.79 Å². The summed E-state index contributed by atoms with van der Waals surface area (Å²) in [5.41, 5.74) is 1.41. The van der Waals surface area contributed by atoms with Crippen LogP contribution in [-0.2, 0) is 15.8 Å². The van der Waals surface area contributed by atoms with Gasteiger partial charge in [0.25, 0.3) is 5.91 Å². The molecule has 0 aliphatic heterocycles. The molecular formula is C17H15F3N2O2. The summed E-state index contributed by atoms with van der Waals surface area (Å²) in [6.45, 7) is 1.62. The van der Waals surface area contributed by atoms with Crippen molar-refractivity contribution in [1.29, 1.82) is 0 Å². The molecule has 0 spiro atoms. The highest BCUT2D eigenvalue weighted by molar-refractivity contribution is 5.91. The van der Waals surface area contributed by atoms with E-state index in [0.717, 1.165) is 23.3 Å². The molecule has 1 N–H and O–H groups in total. The molecule has 24 heavy (non-hydrogen) atoms. The van der Waals surface area contributed by atoms with Gasteiger partial charge < -0.3 is 10.2 Å². The van der Waals surface area contributed by atoms with Crippen molar-refractivity contribution in [3.63, 3.8) is 0 Å². The van der Waals surface area contributed by atoms with Crippen LogP contribution < -0.4 is 5.32 Å². The third-order valence-corrected chi connectivity index (χ3v) is 3.05. The molecule has 4 nitrogen and oxygen atoms in total. The topological polar surface area (TPSA) is 50.7 Å². The molecule has 0 unspecified atom stereocenters. The van der Waals surface area contributed by atoms with E-state index in [-0.39, 0.29) is 12.3 Å². The predicted molar refractivity (Wildman–Crippen MR) is 84.8 cm³/mol. The van der Waals surface area contributed by atoms with Gasteiger partial charge in [0, 0.05) is 5.69 Å². The zero-order valence-corrected chi connectivity index (χ0v) is 12.8. The molecule has 7 heteroatoms. The summed E-state index contributed by atoms with van der Waals surface area (Å²) in [5, 5.41) is 6.09. The molecule has 0 aliphatic carbocycles. The highest BCUT2D eigenvalue weighted by Crippen LogP contribution is 2.29. The summed E-state index contributed by atoms with van der Waals surface area (Å²) in [6, 6.07) is 11.7. The van der Waals surface area contributed by atoms with Gasteiger partial charge in [-0.15, -0.1) is 0 Å². The summed E-state index contributed by atoms with van der Waals surface area (Å²) in [5.74, 6) is -0.518. The second-order valence-electron chi connectivity index (χ2n) is 5.04. The average Bonchev–Trinajstić information content (AvgIpc) is 2.53. The Labute approximate surface area is 136 Å². The number of nitrogens with zero attached hydrogens (tertiary/aromatic N) is 1. The normalized spacial score (nSPS) is 11.5. The van der Waals surface area contributed by atoms with E-state index in [9.17, 15) is 18.0 Å². The van der Waals surface area contributed by atoms with Crippen LogP contribution in [0.5, 0.6) is 0 Å². The van der Waals surface area contributed by atoms with Crippen LogP contribution in [0.3, 0.4) is 0 Å². The molecule has 2 aromatic carbocycles. The number of nitrogens with one attached hydrogen (secondary N) is 1. The highest BCUT2D eigenvalue weighted by atomic mass is 19.4. The minimum absolute atomic E-state index is 0.249. The van der Waals surface area contributed by atoms with Gasteiger partial charge in [0.1, 0.15) is 0 Å². The number of benzene rings is 2. The minimum Gasteiger partial charge on any atom is -0.386 e. The Morgan fingerprint density at radius 3 is 2.33 bits per heavy atom. The molecule has 0 radical (unpaired) electrons. The molecule has 0 aliphatic rings. The third kappa shape index (κ3) is 5.42. The van der Waals surface area contributed by atoms with Gasteiger partial charge in [-0.25, -0.2) is 0 Å². The zero-order valence-electron chi connectivity index (χ0n) is 12.8. The van der Waals surface area contributed by atoms with Gasteiger partial charge in [0.2, 0.25) is 0 Å². The fourth-order valence-corrected chi connectivity index (χ4v) is 1.79. The van der Waals surface area contributed by atoms with Crippen molar-refractivity contribution < 1.29 is 22.8 Å². The highest BCUT2D eigenvalue weighted by Gasteiger charge is 2.29. The monoisotopic (exact) mass is 336 g/mol. The van der Waals surface area contributed by atoms with Crippen molar-refractivity contribution >= 4 is 17.8 Å². The molecular weight excluding hydrogens is 321 g/mol. The Kier molecular flexibility index (Phi) is 5.57. The molecule has 0 atom stereocenters. The van der Waals surface area contributed by atoms with E-state index in [4.69, 9.17) is 4.84 Å². The first-order valence-corrected chi connectivity index (χ1v) is 7.04. The maximum atomic E-state index is 12.4. The Hall–Kier alpha value is -2.83. The zero-order chi connectivity index (χ0) is 17.6. The molecule has 0 fully saturated rings. The molecule has 1 amide bonds. The van der Waals surface area contributed by atoms with Gasteiger partial charge in [0.15, 0.2) is 6.61 Å². The molecule has 0 bridgehead atoms. The van der Waals surface area contributed by atoms with E-state index >= 15 is 0 Å². The number of aryl methyl sites for hydroxylation is 1. The maximum Gasteiger partial charge on any atom is 0.416 e. The van der Waals surface area contributed by atoms with Crippen molar-refractivity contribution in [2.24, 2.45) is 5.16 Å². The second kappa shape index (κ2) is 7.63. The lowest BCUT2D eigenvalue weighted by Crippen LogP contribution is -2.17. The van der Waals surface area contributed by atoms with E-state index in [1.165, 1.54) is 18.3 Å². The van der Waals surface area contributed by atoms with Crippen molar-refractivity contribution in [1.82, 2.24) is 0 Å².